The standard InChI is InChI=1S/C20H24N2O3/c1-14(2)25-18-12-8-7-11-17(18)13-21-19(23)20(24)22-15(3)16-9-5-4-6-10-16/h4-12,14-15H,13H2,1-3H3,(H,21,23)(H,22,24)/t15-/m1/s1. The predicted molar refractivity (Wildman–Crippen MR) is 97.1 cm³/mol. The minimum Gasteiger partial charge on any atom is -0.491 e. The van der Waals surface area contributed by atoms with Crippen molar-refractivity contribution in [3.8, 4) is 5.75 Å². The van der Waals surface area contributed by atoms with Crippen molar-refractivity contribution >= 4 is 11.8 Å². The molecule has 2 amide bonds. The average Bonchev–Trinajstić information content (AvgIpc) is 2.60. The highest BCUT2D eigenvalue weighted by Gasteiger charge is 2.17. The largest absolute Gasteiger partial charge is 0.491 e. The Morgan fingerprint density at radius 1 is 0.920 bits per heavy atom. The molecule has 0 aromatic heterocycles. The van der Waals surface area contributed by atoms with Crippen LogP contribution in [0.5, 0.6) is 5.75 Å². The smallest absolute Gasteiger partial charge is 0.309 e. The first-order valence-electron chi connectivity index (χ1n) is 8.35. The molecule has 0 radical (unpaired) electrons. The van der Waals surface area contributed by atoms with Gasteiger partial charge in [-0.05, 0) is 32.4 Å². The Balaban J connectivity index is 1.91. The molecule has 0 aliphatic rings. The molecule has 0 heterocycles. The minimum absolute atomic E-state index is 0.0341. The summed E-state index contributed by atoms with van der Waals surface area (Å²) < 4.78 is 5.71. The molecule has 5 nitrogen and oxygen atoms in total. The Morgan fingerprint density at radius 2 is 1.56 bits per heavy atom. The van der Waals surface area contributed by atoms with E-state index in [1.807, 2.05) is 75.4 Å². The van der Waals surface area contributed by atoms with Gasteiger partial charge in [0.2, 0.25) is 0 Å². The van der Waals surface area contributed by atoms with Gasteiger partial charge in [0, 0.05) is 12.1 Å². The van der Waals surface area contributed by atoms with Gasteiger partial charge in [0.05, 0.1) is 12.1 Å². The van der Waals surface area contributed by atoms with Crippen molar-refractivity contribution in [2.45, 2.75) is 39.5 Å². The summed E-state index contributed by atoms with van der Waals surface area (Å²) >= 11 is 0. The highest BCUT2D eigenvalue weighted by Crippen LogP contribution is 2.19. The molecule has 2 rings (SSSR count). The van der Waals surface area contributed by atoms with Crippen LogP contribution in [0.2, 0.25) is 0 Å². The summed E-state index contributed by atoms with van der Waals surface area (Å²) in [4.78, 5) is 24.1. The molecule has 0 unspecified atom stereocenters. The van der Waals surface area contributed by atoms with Crippen LogP contribution in [0, 0.1) is 0 Å². The van der Waals surface area contributed by atoms with Gasteiger partial charge in [0.15, 0.2) is 0 Å². The minimum atomic E-state index is -0.665. The summed E-state index contributed by atoms with van der Waals surface area (Å²) in [7, 11) is 0. The molecule has 5 heteroatoms. The lowest BCUT2D eigenvalue weighted by atomic mass is 10.1. The number of benzene rings is 2. The zero-order valence-electron chi connectivity index (χ0n) is 14.8. The zero-order valence-corrected chi connectivity index (χ0v) is 14.8. The first-order valence-corrected chi connectivity index (χ1v) is 8.35. The van der Waals surface area contributed by atoms with Crippen molar-refractivity contribution in [2.24, 2.45) is 0 Å². The van der Waals surface area contributed by atoms with Gasteiger partial charge in [-0.3, -0.25) is 9.59 Å². The fraction of sp³-hybridized carbons (Fsp3) is 0.300. The van der Waals surface area contributed by atoms with Gasteiger partial charge < -0.3 is 15.4 Å². The van der Waals surface area contributed by atoms with Crippen molar-refractivity contribution in [3.05, 3.63) is 65.7 Å². The molecule has 2 N–H and O–H groups in total. The summed E-state index contributed by atoms with van der Waals surface area (Å²) in [5.74, 6) is -0.614. The predicted octanol–water partition coefficient (Wildman–Crippen LogP) is 2.97. The average molecular weight is 340 g/mol. The number of rotatable bonds is 6. The van der Waals surface area contributed by atoms with E-state index in [0.29, 0.717) is 5.75 Å². The van der Waals surface area contributed by atoms with E-state index in [9.17, 15) is 9.59 Å². The van der Waals surface area contributed by atoms with Crippen LogP contribution < -0.4 is 15.4 Å². The SMILES string of the molecule is CC(C)Oc1ccccc1CNC(=O)C(=O)N[C@H](C)c1ccccc1. The van der Waals surface area contributed by atoms with E-state index in [-0.39, 0.29) is 18.7 Å². The van der Waals surface area contributed by atoms with E-state index < -0.39 is 11.8 Å². The number of ether oxygens (including phenoxy) is 1. The number of nitrogens with one attached hydrogen (secondary N) is 2. The summed E-state index contributed by atoms with van der Waals surface area (Å²) in [6, 6.07) is 16.7. The number of carbonyl (C=O) groups excluding carboxylic acids is 2. The zero-order chi connectivity index (χ0) is 18.2. The Hall–Kier alpha value is -2.82. The molecule has 0 saturated heterocycles. The van der Waals surface area contributed by atoms with Crippen LogP contribution >= 0.6 is 0 Å². The van der Waals surface area contributed by atoms with Crippen LogP contribution in [-0.4, -0.2) is 17.9 Å². The molecule has 1 atom stereocenters. The van der Waals surface area contributed by atoms with E-state index in [1.165, 1.54) is 0 Å². The second kappa shape index (κ2) is 8.87. The highest BCUT2D eigenvalue weighted by molar-refractivity contribution is 6.35. The molecule has 2 aromatic rings. The Labute approximate surface area is 148 Å². The van der Waals surface area contributed by atoms with Crippen molar-refractivity contribution in [3.63, 3.8) is 0 Å². The lowest BCUT2D eigenvalue weighted by molar-refractivity contribution is -0.139. The van der Waals surface area contributed by atoms with Crippen LogP contribution in [0.4, 0.5) is 0 Å². The monoisotopic (exact) mass is 340 g/mol. The van der Waals surface area contributed by atoms with E-state index in [4.69, 9.17) is 4.74 Å². The van der Waals surface area contributed by atoms with Crippen molar-refractivity contribution in [2.75, 3.05) is 0 Å². The second-order valence-electron chi connectivity index (χ2n) is 6.06. The molecule has 0 aliphatic carbocycles. The maximum absolute atomic E-state index is 12.1. The van der Waals surface area contributed by atoms with Crippen molar-refractivity contribution in [1.29, 1.82) is 0 Å². The number of hydrogen-bond acceptors (Lipinski definition) is 3. The van der Waals surface area contributed by atoms with Crippen molar-refractivity contribution < 1.29 is 14.3 Å². The third-order valence-electron chi connectivity index (χ3n) is 3.63. The van der Waals surface area contributed by atoms with Gasteiger partial charge in [-0.2, -0.15) is 0 Å². The number of amides is 2. The van der Waals surface area contributed by atoms with Crippen LogP contribution in [0.3, 0.4) is 0 Å². The van der Waals surface area contributed by atoms with Gasteiger partial charge in [0.1, 0.15) is 5.75 Å². The van der Waals surface area contributed by atoms with Crippen LogP contribution in [0.1, 0.15) is 37.9 Å². The summed E-state index contributed by atoms with van der Waals surface area (Å²) in [6.07, 6.45) is 0.0341. The molecule has 0 spiro atoms. The first-order chi connectivity index (χ1) is 12.0. The van der Waals surface area contributed by atoms with Crippen LogP contribution in [0.15, 0.2) is 54.6 Å². The summed E-state index contributed by atoms with van der Waals surface area (Å²) in [5, 5.41) is 5.34. The maximum atomic E-state index is 12.1. The Morgan fingerprint density at radius 3 is 2.24 bits per heavy atom. The molecular formula is C20H24N2O3. The van der Waals surface area contributed by atoms with E-state index in [2.05, 4.69) is 10.6 Å². The second-order valence-corrected chi connectivity index (χ2v) is 6.06. The first kappa shape index (κ1) is 18.5. The van der Waals surface area contributed by atoms with Gasteiger partial charge in [-0.25, -0.2) is 0 Å². The molecule has 2 aromatic carbocycles. The molecule has 25 heavy (non-hydrogen) atoms. The quantitative estimate of drug-likeness (QED) is 0.795. The van der Waals surface area contributed by atoms with Gasteiger partial charge in [-0.1, -0.05) is 48.5 Å². The third kappa shape index (κ3) is 5.64. The molecule has 0 fully saturated rings. The Kier molecular flexibility index (Phi) is 6.57. The third-order valence-corrected chi connectivity index (χ3v) is 3.63. The maximum Gasteiger partial charge on any atom is 0.309 e. The lowest BCUT2D eigenvalue weighted by Gasteiger charge is -2.16. The fourth-order valence-corrected chi connectivity index (χ4v) is 2.36. The van der Waals surface area contributed by atoms with Gasteiger partial charge in [0.25, 0.3) is 0 Å². The number of hydrogen-bond donors (Lipinski definition) is 2. The molecule has 0 saturated carbocycles. The molecule has 0 aliphatic heterocycles. The fourth-order valence-electron chi connectivity index (χ4n) is 2.36. The van der Waals surface area contributed by atoms with Crippen LogP contribution in [0.25, 0.3) is 0 Å². The van der Waals surface area contributed by atoms with Crippen molar-refractivity contribution in [1.82, 2.24) is 10.6 Å². The number of carbonyl (C=O) groups is 2. The Bertz CT molecular complexity index is 714. The highest BCUT2D eigenvalue weighted by atomic mass is 16.5. The molecule has 0 bridgehead atoms. The van der Waals surface area contributed by atoms with Gasteiger partial charge in [-0.15, -0.1) is 0 Å². The summed E-state index contributed by atoms with van der Waals surface area (Å²) in [6.45, 7) is 5.95. The van der Waals surface area contributed by atoms with Gasteiger partial charge >= 0.3 is 11.8 Å². The normalized spacial score (nSPS) is 11.7. The molecular weight excluding hydrogens is 316 g/mol. The van der Waals surface area contributed by atoms with Crippen LogP contribution in [-0.2, 0) is 16.1 Å². The summed E-state index contributed by atoms with van der Waals surface area (Å²) in [5.41, 5.74) is 1.77. The number of para-hydroxylation sites is 1. The lowest BCUT2D eigenvalue weighted by Crippen LogP contribution is -2.40. The molecule has 132 valence electrons. The van der Waals surface area contributed by atoms with E-state index >= 15 is 0 Å². The van der Waals surface area contributed by atoms with E-state index in [0.717, 1.165) is 11.1 Å². The van der Waals surface area contributed by atoms with E-state index in [1.54, 1.807) is 0 Å². The topological polar surface area (TPSA) is 67.4 Å².